The first-order valence-corrected chi connectivity index (χ1v) is 13.0. The van der Waals surface area contributed by atoms with Crippen LogP contribution in [-0.4, -0.2) is 4.98 Å². The van der Waals surface area contributed by atoms with Crippen LogP contribution in [0.2, 0.25) is 0 Å². The summed E-state index contributed by atoms with van der Waals surface area (Å²) in [5, 5.41) is 8.03. The van der Waals surface area contributed by atoms with E-state index < -0.39 is 0 Å². The van der Waals surface area contributed by atoms with E-state index in [0.717, 1.165) is 66.0 Å². The number of hydrogen-bond donors (Lipinski definition) is 1. The Labute approximate surface area is 223 Å². The number of aromatic amines is 1. The van der Waals surface area contributed by atoms with Crippen molar-refractivity contribution in [2.75, 3.05) is 0 Å². The molecule has 0 atom stereocenters. The van der Waals surface area contributed by atoms with Crippen LogP contribution in [0.15, 0.2) is 121 Å². The molecule has 0 fully saturated rings. The average molecular weight is 506 g/mol. The molecule has 0 aliphatic heterocycles. The van der Waals surface area contributed by atoms with Crippen molar-refractivity contribution in [1.82, 2.24) is 4.98 Å². The smallest absolute Gasteiger partial charge is 0.123 e. The molecule has 8 rings (SSSR count). The molecule has 184 valence electrons. The zero-order chi connectivity index (χ0) is 26.1. The van der Waals surface area contributed by atoms with Crippen molar-refractivity contribution in [3.8, 4) is 33.5 Å². The molecule has 0 bridgehead atoms. The van der Waals surface area contributed by atoms with Crippen LogP contribution in [0.1, 0.15) is 0 Å². The van der Waals surface area contributed by atoms with Crippen molar-refractivity contribution < 1.29 is 8.78 Å². The zero-order valence-electron chi connectivity index (χ0n) is 20.8. The summed E-state index contributed by atoms with van der Waals surface area (Å²) in [6, 6.07) is 39.1. The third kappa shape index (κ3) is 3.37. The minimum absolute atomic E-state index is 0.247. The van der Waals surface area contributed by atoms with E-state index in [9.17, 15) is 8.78 Å². The van der Waals surface area contributed by atoms with Crippen LogP contribution in [0.5, 0.6) is 0 Å². The van der Waals surface area contributed by atoms with E-state index in [1.54, 1.807) is 0 Å². The lowest BCUT2D eigenvalue weighted by Gasteiger charge is -2.19. The molecule has 1 N–H and O–H groups in total. The van der Waals surface area contributed by atoms with E-state index in [0.29, 0.717) is 0 Å². The molecule has 7 aromatic carbocycles. The molecule has 1 nitrogen and oxygen atoms in total. The largest absolute Gasteiger partial charge is 0.355 e. The van der Waals surface area contributed by atoms with Crippen LogP contribution < -0.4 is 0 Å². The maximum atomic E-state index is 13.9. The number of halogens is 2. The van der Waals surface area contributed by atoms with Gasteiger partial charge in [0.15, 0.2) is 0 Å². The molecule has 0 spiro atoms. The lowest BCUT2D eigenvalue weighted by atomic mass is 9.85. The fourth-order valence-electron chi connectivity index (χ4n) is 6.09. The highest BCUT2D eigenvalue weighted by Crippen LogP contribution is 2.46. The van der Waals surface area contributed by atoms with Crippen molar-refractivity contribution in [3.63, 3.8) is 0 Å². The van der Waals surface area contributed by atoms with Gasteiger partial charge in [-0.15, -0.1) is 0 Å². The highest BCUT2D eigenvalue weighted by atomic mass is 19.1. The van der Waals surface area contributed by atoms with Gasteiger partial charge in [-0.3, -0.25) is 0 Å². The predicted molar refractivity (Wildman–Crippen MR) is 158 cm³/mol. The Morgan fingerprint density at radius 2 is 1.03 bits per heavy atom. The van der Waals surface area contributed by atoms with Crippen molar-refractivity contribution in [3.05, 3.63) is 133 Å². The maximum absolute atomic E-state index is 13.9. The molecule has 1 heterocycles. The van der Waals surface area contributed by atoms with E-state index >= 15 is 0 Å². The van der Waals surface area contributed by atoms with Gasteiger partial charge in [0.05, 0.1) is 0 Å². The van der Waals surface area contributed by atoms with Gasteiger partial charge in [-0.1, -0.05) is 78.9 Å². The van der Waals surface area contributed by atoms with Gasteiger partial charge in [0, 0.05) is 22.2 Å². The molecular formula is C36H21F2N. The Hall–Kier alpha value is -5.02. The summed E-state index contributed by atoms with van der Waals surface area (Å²) in [7, 11) is 0. The van der Waals surface area contributed by atoms with Gasteiger partial charge in [-0.05, 0) is 97.0 Å². The van der Waals surface area contributed by atoms with Crippen LogP contribution in [0.3, 0.4) is 0 Å². The third-order valence-corrected chi connectivity index (χ3v) is 7.91. The zero-order valence-corrected chi connectivity index (χ0v) is 20.8. The lowest BCUT2D eigenvalue weighted by Crippen LogP contribution is -1.92. The number of aromatic nitrogens is 1. The summed E-state index contributed by atoms with van der Waals surface area (Å²) in [5.74, 6) is -0.500. The van der Waals surface area contributed by atoms with E-state index in [1.165, 1.54) is 35.0 Å². The second-order valence-electron chi connectivity index (χ2n) is 10.1. The summed E-state index contributed by atoms with van der Waals surface area (Å²) < 4.78 is 27.6. The minimum Gasteiger partial charge on any atom is -0.355 e. The summed E-state index contributed by atoms with van der Waals surface area (Å²) in [4.78, 5) is 3.62. The molecule has 0 saturated carbocycles. The normalized spacial score (nSPS) is 11.8. The lowest BCUT2D eigenvalue weighted by molar-refractivity contribution is 0.627. The fraction of sp³-hybridized carbons (Fsp3) is 0. The van der Waals surface area contributed by atoms with Gasteiger partial charge < -0.3 is 4.98 Å². The number of hydrogen-bond acceptors (Lipinski definition) is 0. The minimum atomic E-state index is -0.253. The maximum Gasteiger partial charge on any atom is 0.123 e. The predicted octanol–water partition coefficient (Wildman–Crippen LogP) is 10.3. The second-order valence-corrected chi connectivity index (χ2v) is 10.1. The third-order valence-electron chi connectivity index (χ3n) is 7.91. The van der Waals surface area contributed by atoms with Gasteiger partial charge >= 0.3 is 0 Å². The fourth-order valence-corrected chi connectivity index (χ4v) is 6.09. The van der Waals surface area contributed by atoms with E-state index in [2.05, 4.69) is 65.6 Å². The van der Waals surface area contributed by atoms with Crippen LogP contribution in [0.25, 0.3) is 76.7 Å². The molecule has 0 unspecified atom stereocenters. The molecule has 0 aliphatic carbocycles. The van der Waals surface area contributed by atoms with Crippen molar-refractivity contribution in [2.45, 2.75) is 0 Å². The first kappa shape index (κ1) is 22.0. The Bertz CT molecular complexity index is 2140. The first-order valence-electron chi connectivity index (χ1n) is 13.0. The summed E-state index contributed by atoms with van der Waals surface area (Å²) in [6.45, 7) is 0. The number of benzene rings is 7. The standard InChI is InChI=1S/C36H21F2N/c37-25-11-5-21(6-12-25)27-15-9-23-10-16-29-31(22-7-13-26(38)14-8-22)20-32(30-18-17-28(27)35(23)36(29)30)34-19-24-3-1-2-4-33(24)39-34/h1-20,39H. The number of fused-ring (bicyclic) bond motifs is 1. The van der Waals surface area contributed by atoms with Gasteiger partial charge in [-0.25, -0.2) is 8.78 Å². The topological polar surface area (TPSA) is 15.8 Å². The Morgan fingerprint density at radius 1 is 0.436 bits per heavy atom. The molecule has 0 radical (unpaired) electrons. The molecule has 1 aromatic heterocycles. The molecule has 0 saturated heterocycles. The van der Waals surface area contributed by atoms with Crippen molar-refractivity contribution in [1.29, 1.82) is 0 Å². The van der Waals surface area contributed by atoms with Gasteiger partial charge in [0.25, 0.3) is 0 Å². The van der Waals surface area contributed by atoms with E-state index in [4.69, 9.17) is 0 Å². The van der Waals surface area contributed by atoms with Crippen LogP contribution in [0.4, 0.5) is 8.78 Å². The van der Waals surface area contributed by atoms with Crippen LogP contribution in [-0.2, 0) is 0 Å². The van der Waals surface area contributed by atoms with Crippen molar-refractivity contribution >= 4 is 43.2 Å². The summed E-state index contributed by atoms with van der Waals surface area (Å²) in [6.07, 6.45) is 0. The highest BCUT2D eigenvalue weighted by molar-refractivity contribution is 6.30. The first-order chi connectivity index (χ1) is 19.1. The Kier molecular flexibility index (Phi) is 4.65. The molecule has 8 aromatic rings. The summed E-state index contributed by atoms with van der Waals surface area (Å²) >= 11 is 0. The van der Waals surface area contributed by atoms with E-state index in [-0.39, 0.29) is 11.6 Å². The average Bonchev–Trinajstić information content (AvgIpc) is 3.41. The van der Waals surface area contributed by atoms with Gasteiger partial charge in [-0.2, -0.15) is 0 Å². The molecule has 0 amide bonds. The summed E-state index contributed by atoms with van der Waals surface area (Å²) in [5.41, 5.74) is 7.28. The molecule has 3 heteroatoms. The number of nitrogens with one attached hydrogen (secondary N) is 1. The molecule has 0 aliphatic rings. The van der Waals surface area contributed by atoms with Crippen molar-refractivity contribution in [2.24, 2.45) is 0 Å². The molecular weight excluding hydrogens is 484 g/mol. The van der Waals surface area contributed by atoms with E-state index in [1.807, 2.05) is 36.4 Å². The number of rotatable bonds is 3. The number of para-hydroxylation sites is 1. The van der Waals surface area contributed by atoms with Gasteiger partial charge in [0.2, 0.25) is 0 Å². The second kappa shape index (κ2) is 8.24. The van der Waals surface area contributed by atoms with Gasteiger partial charge in [0.1, 0.15) is 11.6 Å². The Balaban J connectivity index is 1.52. The monoisotopic (exact) mass is 505 g/mol. The van der Waals surface area contributed by atoms with Crippen LogP contribution in [0, 0.1) is 11.6 Å². The molecule has 39 heavy (non-hydrogen) atoms. The number of H-pyrrole nitrogens is 1. The quantitative estimate of drug-likeness (QED) is 0.230. The Morgan fingerprint density at radius 3 is 1.74 bits per heavy atom. The van der Waals surface area contributed by atoms with Crippen LogP contribution >= 0.6 is 0 Å². The SMILES string of the molecule is Fc1ccc(-c2ccc3ccc4c(-c5ccc(F)cc5)cc(-c5cc6ccccc6[nH]5)c5ccc2c3c45)cc1. The highest BCUT2D eigenvalue weighted by Gasteiger charge is 2.19.